The number of nitrogens with two attached hydrogens (primary N) is 1. The molecule has 0 saturated carbocycles. The first-order chi connectivity index (χ1) is 7.34. The standard InChI is InChI=1S/C11H15I2NO2/c1-5(2)10(15)9(14)7-3-6(12)4-8(13)11(7)16/h3-5,9-10,15-16H,14H2,1-2H3/t9-,10+/m0/s1. The monoisotopic (exact) mass is 447 g/mol. The van der Waals surface area contributed by atoms with Crippen LogP contribution in [0.3, 0.4) is 0 Å². The number of aliphatic hydroxyl groups is 1. The van der Waals surface area contributed by atoms with E-state index in [1.54, 1.807) is 0 Å². The molecule has 0 spiro atoms. The summed E-state index contributed by atoms with van der Waals surface area (Å²) < 4.78 is 1.76. The van der Waals surface area contributed by atoms with Crippen LogP contribution < -0.4 is 5.73 Å². The van der Waals surface area contributed by atoms with Gasteiger partial charge in [-0.15, -0.1) is 0 Å². The van der Waals surface area contributed by atoms with Crippen molar-refractivity contribution in [2.24, 2.45) is 11.7 Å². The van der Waals surface area contributed by atoms with Crippen molar-refractivity contribution in [3.05, 3.63) is 24.8 Å². The Labute approximate surface area is 123 Å². The van der Waals surface area contributed by atoms with Gasteiger partial charge in [0.05, 0.1) is 15.7 Å². The topological polar surface area (TPSA) is 66.5 Å². The van der Waals surface area contributed by atoms with E-state index < -0.39 is 12.1 Å². The highest BCUT2D eigenvalue weighted by molar-refractivity contribution is 14.1. The lowest BCUT2D eigenvalue weighted by atomic mass is 9.94. The van der Waals surface area contributed by atoms with Crippen LogP contribution in [0.1, 0.15) is 25.5 Å². The van der Waals surface area contributed by atoms with Gasteiger partial charge in [-0.1, -0.05) is 13.8 Å². The van der Waals surface area contributed by atoms with Crippen molar-refractivity contribution >= 4 is 45.2 Å². The minimum atomic E-state index is -0.653. The molecule has 16 heavy (non-hydrogen) atoms. The highest BCUT2D eigenvalue weighted by Gasteiger charge is 2.23. The molecule has 0 radical (unpaired) electrons. The van der Waals surface area contributed by atoms with Crippen LogP contribution in [0.5, 0.6) is 5.75 Å². The van der Waals surface area contributed by atoms with Gasteiger partial charge < -0.3 is 15.9 Å². The zero-order valence-electron chi connectivity index (χ0n) is 9.11. The predicted octanol–water partition coefficient (Wildman–Crippen LogP) is 2.62. The van der Waals surface area contributed by atoms with Gasteiger partial charge in [-0.2, -0.15) is 0 Å². The third kappa shape index (κ3) is 3.21. The van der Waals surface area contributed by atoms with E-state index in [9.17, 15) is 10.2 Å². The Bertz CT molecular complexity index is 382. The van der Waals surface area contributed by atoms with Gasteiger partial charge in [-0.25, -0.2) is 0 Å². The van der Waals surface area contributed by atoms with Gasteiger partial charge in [-0.05, 0) is 63.2 Å². The molecule has 0 fully saturated rings. The Morgan fingerprint density at radius 1 is 1.25 bits per heavy atom. The molecule has 0 aliphatic rings. The zero-order chi connectivity index (χ0) is 12.5. The maximum Gasteiger partial charge on any atom is 0.133 e. The Hall–Kier alpha value is 0.400. The van der Waals surface area contributed by atoms with E-state index >= 15 is 0 Å². The van der Waals surface area contributed by atoms with Crippen LogP contribution >= 0.6 is 45.2 Å². The second-order valence-corrected chi connectivity index (χ2v) is 6.49. The first kappa shape index (κ1) is 14.5. The number of aliphatic hydroxyl groups excluding tert-OH is 1. The second kappa shape index (κ2) is 5.83. The van der Waals surface area contributed by atoms with Gasteiger partial charge in [0.1, 0.15) is 5.75 Å². The molecule has 1 rings (SSSR count). The van der Waals surface area contributed by atoms with E-state index in [1.165, 1.54) is 0 Å². The Balaban J connectivity index is 3.13. The fourth-order valence-corrected chi connectivity index (χ4v) is 3.33. The van der Waals surface area contributed by atoms with Gasteiger partial charge in [-0.3, -0.25) is 0 Å². The Morgan fingerprint density at radius 3 is 2.31 bits per heavy atom. The van der Waals surface area contributed by atoms with Gasteiger partial charge in [0.15, 0.2) is 0 Å². The molecule has 4 N–H and O–H groups in total. The average Bonchev–Trinajstić information content (AvgIpc) is 2.21. The molecule has 0 heterocycles. The number of halogens is 2. The second-order valence-electron chi connectivity index (χ2n) is 4.09. The van der Waals surface area contributed by atoms with E-state index in [2.05, 4.69) is 45.2 Å². The van der Waals surface area contributed by atoms with Crippen LogP contribution in [-0.4, -0.2) is 16.3 Å². The number of hydrogen-bond acceptors (Lipinski definition) is 3. The maximum atomic E-state index is 9.92. The highest BCUT2D eigenvalue weighted by atomic mass is 127. The number of aromatic hydroxyl groups is 1. The molecule has 1 aromatic rings. The molecular formula is C11H15I2NO2. The fraction of sp³-hybridized carbons (Fsp3) is 0.455. The first-order valence-corrected chi connectivity index (χ1v) is 7.12. The van der Waals surface area contributed by atoms with E-state index in [1.807, 2.05) is 26.0 Å². The first-order valence-electron chi connectivity index (χ1n) is 4.96. The predicted molar refractivity (Wildman–Crippen MR) is 81.3 cm³/mol. The summed E-state index contributed by atoms with van der Waals surface area (Å²) in [5, 5.41) is 19.8. The lowest BCUT2D eigenvalue weighted by Gasteiger charge is -2.23. The average molecular weight is 447 g/mol. The van der Waals surface area contributed by atoms with Gasteiger partial charge >= 0.3 is 0 Å². The smallest absolute Gasteiger partial charge is 0.133 e. The molecule has 0 bridgehead atoms. The van der Waals surface area contributed by atoms with E-state index in [-0.39, 0.29) is 11.7 Å². The third-order valence-electron chi connectivity index (χ3n) is 2.47. The van der Waals surface area contributed by atoms with Crippen LogP contribution in [0.25, 0.3) is 0 Å². The molecule has 0 unspecified atom stereocenters. The Kier molecular flexibility index (Phi) is 5.27. The molecule has 0 aliphatic carbocycles. The molecule has 2 atom stereocenters. The molecule has 90 valence electrons. The molecule has 3 nitrogen and oxygen atoms in total. The van der Waals surface area contributed by atoms with Crippen molar-refractivity contribution in [2.45, 2.75) is 26.0 Å². The normalized spacial score (nSPS) is 15.2. The van der Waals surface area contributed by atoms with Crippen LogP contribution in [0.4, 0.5) is 0 Å². The van der Waals surface area contributed by atoms with E-state index in [0.717, 1.165) is 7.14 Å². The third-order valence-corrected chi connectivity index (χ3v) is 3.91. The summed E-state index contributed by atoms with van der Waals surface area (Å²) in [6, 6.07) is 3.13. The Morgan fingerprint density at radius 2 is 1.81 bits per heavy atom. The van der Waals surface area contributed by atoms with Crippen molar-refractivity contribution in [2.75, 3.05) is 0 Å². The number of phenols is 1. The largest absolute Gasteiger partial charge is 0.506 e. The molecular weight excluding hydrogens is 432 g/mol. The zero-order valence-corrected chi connectivity index (χ0v) is 13.4. The van der Waals surface area contributed by atoms with Crippen molar-refractivity contribution in [3.63, 3.8) is 0 Å². The summed E-state index contributed by atoms with van der Waals surface area (Å²) in [4.78, 5) is 0. The summed E-state index contributed by atoms with van der Waals surface area (Å²) in [6.45, 7) is 3.81. The van der Waals surface area contributed by atoms with Gasteiger partial charge in [0.25, 0.3) is 0 Å². The van der Waals surface area contributed by atoms with Crippen LogP contribution in [0.15, 0.2) is 12.1 Å². The van der Waals surface area contributed by atoms with Crippen LogP contribution in [0.2, 0.25) is 0 Å². The highest BCUT2D eigenvalue weighted by Crippen LogP contribution is 2.32. The molecule has 0 amide bonds. The quantitative estimate of drug-likeness (QED) is 0.625. The van der Waals surface area contributed by atoms with Crippen molar-refractivity contribution in [1.29, 1.82) is 0 Å². The molecule has 0 aromatic heterocycles. The molecule has 0 aliphatic heterocycles. The summed E-state index contributed by atoms with van der Waals surface area (Å²) in [7, 11) is 0. The molecule has 1 aromatic carbocycles. The van der Waals surface area contributed by atoms with Crippen molar-refractivity contribution in [3.8, 4) is 5.75 Å². The van der Waals surface area contributed by atoms with Crippen molar-refractivity contribution in [1.82, 2.24) is 0 Å². The SMILES string of the molecule is CC(C)[C@@H](O)[C@@H](N)c1cc(I)cc(I)c1O. The number of benzene rings is 1. The molecule has 0 saturated heterocycles. The van der Waals surface area contributed by atoms with Crippen LogP contribution in [-0.2, 0) is 0 Å². The summed E-state index contributed by atoms with van der Waals surface area (Å²) in [5.74, 6) is 0.234. The number of phenolic OH excluding ortho intramolecular Hbond substituents is 1. The van der Waals surface area contributed by atoms with E-state index in [4.69, 9.17) is 5.73 Å². The molecule has 5 heteroatoms. The van der Waals surface area contributed by atoms with Gasteiger partial charge in [0.2, 0.25) is 0 Å². The maximum absolute atomic E-state index is 9.92. The number of hydrogen-bond donors (Lipinski definition) is 3. The number of rotatable bonds is 3. The van der Waals surface area contributed by atoms with E-state index in [0.29, 0.717) is 5.56 Å². The van der Waals surface area contributed by atoms with Crippen LogP contribution in [0, 0.1) is 13.1 Å². The van der Waals surface area contributed by atoms with Gasteiger partial charge in [0, 0.05) is 9.13 Å². The minimum absolute atomic E-state index is 0.0601. The minimum Gasteiger partial charge on any atom is -0.506 e. The summed E-state index contributed by atoms with van der Waals surface area (Å²) in [6.07, 6.45) is -0.653. The summed E-state index contributed by atoms with van der Waals surface area (Å²) in [5.41, 5.74) is 6.57. The van der Waals surface area contributed by atoms with Crippen molar-refractivity contribution < 1.29 is 10.2 Å². The lowest BCUT2D eigenvalue weighted by Crippen LogP contribution is -2.30. The fourth-order valence-electron chi connectivity index (χ4n) is 1.44. The lowest BCUT2D eigenvalue weighted by molar-refractivity contribution is 0.0969. The summed E-state index contributed by atoms with van der Waals surface area (Å²) >= 11 is 4.23.